The molecule has 0 spiro atoms. The zero-order chi connectivity index (χ0) is 15.5. The van der Waals surface area contributed by atoms with E-state index in [1.807, 2.05) is 0 Å². The van der Waals surface area contributed by atoms with Gasteiger partial charge in [0.25, 0.3) is 0 Å². The van der Waals surface area contributed by atoms with Gasteiger partial charge < -0.3 is 4.74 Å². The summed E-state index contributed by atoms with van der Waals surface area (Å²) < 4.78 is 40.7. The van der Waals surface area contributed by atoms with Crippen molar-refractivity contribution in [3.05, 3.63) is 54.3 Å². The second-order valence-electron chi connectivity index (χ2n) is 4.01. The minimum absolute atomic E-state index is 0.219. The second-order valence-corrected chi connectivity index (χ2v) is 5.58. The maximum atomic E-state index is 13.7. The van der Waals surface area contributed by atoms with Gasteiger partial charge in [-0.2, -0.15) is 0 Å². The summed E-state index contributed by atoms with van der Waals surface area (Å²) in [5.41, 5.74) is -0.219. The number of nitrogens with one attached hydrogen (secondary N) is 1. The third kappa shape index (κ3) is 4.01. The first-order chi connectivity index (χ1) is 9.86. The highest BCUT2D eigenvalue weighted by Gasteiger charge is 2.13. The molecular weight excluding hydrogens is 299 g/mol. The maximum absolute atomic E-state index is 13.7. The summed E-state index contributed by atoms with van der Waals surface area (Å²) in [6.45, 7) is 0. The fourth-order valence-electron chi connectivity index (χ4n) is 1.51. The lowest BCUT2D eigenvalue weighted by Gasteiger charge is -2.08. The Morgan fingerprint density at radius 2 is 1.81 bits per heavy atom. The Balaban J connectivity index is 2.11. The number of carbonyl (C=O) groups is 1. The molecule has 0 unspecified atom stereocenters. The van der Waals surface area contributed by atoms with Crippen LogP contribution in [0.25, 0.3) is 0 Å². The molecule has 2 aromatic carbocycles. The molecule has 0 aliphatic carbocycles. The number of amides is 1. The smallest absolute Gasteiger partial charge is 0.410 e. The molecule has 0 bridgehead atoms. The highest BCUT2D eigenvalue weighted by Crippen LogP contribution is 2.19. The normalized spacial score (nSPS) is 11.0. The van der Waals surface area contributed by atoms with Crippen LogP contribution in [0.3, 0.4) is 0 Å². The molecule has 0 saturated heterocycles. The van der Waals surface area contributed by atoms with Crippen LogP contribution < -0.4 is 15.2 Å². The molecule has 8 heteroatoms. The quantitative estimate of drug-likeness (QED) is 0.906. The number of hydrogen-bond donors (Lipinski definition) is 2. The van der Waals surface area contributed by atoms with Gasteiger partial charge >= 0.3 is 6.09 Å². The fraction of sp³-hybridized carbons (Fsp3) is 0. The summed E-state index contributed by atoms with van der Waals surface area (Å²) in [4.78, 5) is 11.2. The van der Waals surface area contributed by atoms with Crippen LogP contribution in [0.5, 0.6) is 5.75 Å². The van der Waals surface area contributed by atoms with E-state index in [9.17, 15) is 17.6 Å². The summed E-state index contributed by atoms with van der Waals surface area (Å²) in [6.07, 6.45) is -0.900. The largest absolute Gasteiger partial charge is 0.417 e. The molecule has 3 N–H and O–H groups in total. The molecule has 1 amide bonds. The number of carbonyl (C=O) groups excluding carboxylic acids is 1. The molecule has 0 heterocycles. The van der Waals surface area contributed by atoms with Crippen LogP contribution in [0.2, 0.25) is 0 Å². The van der Waals surface area contributed by atoms with Gasteiger partial charge in [-0.15, -0.1) is 0 Å². The molecule has 6 nitrogen and oxygen atoms in total. The van der Waals surface area contributed by atoms with Gasteiger partial charge in [0.1, 0.15) is 11.6 Å². The van der Waals surface area contributed by atoms with E-state index < -0.39 is 21.9 Å². The topological polar surface area (TPSA) is 98.5 Å². The Kier molecular flexibility index (Phi) is 4.20. The highest BCUT2D eigenvalue weighted by molar-refractivity contribution is 7.89. The third-order valence-corrected chi connectivity index (χ3v) is 3.37. The first-order valence-electron chi connectivity index (χ1n) is 5.72. The van der Waals surface area contributed by atoms with Crippen molar-refractivity contribution in [2.45, 2.75) is 4.90 Å². The van der Waals surface area contributed by atoms with Crippen LogP contribution in [-0.2, 0) is 10.0 Å². The molecule has 0 aliphatic heterocycles. The molecule has 0 radical (unpaired) electrons. The summed E-state index contributed by atoms with van der Waals surface area (Å²) in [5.74, 6) is -0.650. The molecular formula is C13H11FN2O4S. The van der Waals surface area contributed by atoms with Gasteiger partial charge in [-0.05, 0) is 30.3 Å². The van der Waals surface area contributed by atoms with Crippen LogP contribution in [0.15, 0.2) is 53.4 Å². The summed E-state index contributed by atoms with van der Waals surface area (Å²) >= 11 is 0. The van der Waals surface area contributed by atoms with E-state index in [4.69, 9.17) is 9.88 Å². The van der Waals surface area contributed by atoms with Gasteiger partial charge in [0.15, 0.2) is 0 Å². The Bertz CT molecular complexity index is 763. The number of para-hydroxylation sites is 1. The van der Waals surface area contributed by atoms with Crippen LogP contribution in [0.4, 0.5) is 14.9 Å². The second kappa shape index (κ2) is 5.90. The van der Waals surface area contributed by atoms with Gasteiger partial charge in [-0.1, -0.05) is 18.2 Å². The number of hydrogen-bond acceptors (Lipinski definition) is 4. The van der Waals surface area contributed by atoms with Crippen molar-refractivity contribution < 1.29 is 22.3 Å². The molecule has 0 aliphatic rings. The van der Waals surface area contributed by atoms with Crippen molar-refractivity contribution in [3.8, 4) is 5.75 Å². The van der Waals surface area contributed by atoms with E-state index in [1.54, 1.807) is 30.3 Å². The Morgan fingerprint density at radius 3 is 2.38 bits per heavy atom. The molecule has 2 rings (SSSR count). The Hall–Kier alpha value is -2.45. The molecule has 110 valence electrons. The van der Waals surface area contributed by atoms with Crippen molar-refractivity contribution in [2.24, 2.45) is 5.14 Å². The molecule has 0 fully saturated rings. The molecule has 0 aromatic heterocycles. The van der Waals surface area contributed by atoms with Gasteiger partial charge in [-0.3, -0.25) is 5.32 Å². The number of benzene rings is 2. The lowest BCUT2D eigenvalue weighted by Crippen LogP contribution is -2.18. The van der Waals surface area contributed by atoms with Crippen LogP contribution in [0.1, 0.15) is 0 Å². The third-order valence-electron chi connectivity index (χ3n) is 2.46. The number of nitrogens with two attached hydrogens (primary N) is 1. The first-order valence-corrected chi connectivity index (χ1v) is 7.27. The minimum atomic E-state index is -4.00. The predicted molar refractivity (Wildman–Crippen MR) is 73.9 cm³/mol. The van der Waals surface area contributed by atoms with Crippen molar-refractivity contribution in [1.29, 1.82) is 0 Å². The summed E-state index contributed by atoms with van der Waals surface area (Å²) in [6, 6.07) is 11.1. The number of halogens is 1. The lowest BCUT2D eigenvalue weighted by atomic mass is 10.3. The number of ether oxygens (including phenoxy) is 1. The fourth-order valence-corrected chi connectivity index (χ4v) is 2.03. The lowest BCUT2D eigenvalue weighted by molar-refractivity contribution is 0.215. The Labute approximate surface area is 120 Å². The monoisotopic (exact) mass is 310 g/mol. The van der Waals surface area contributed by atoms with E-state index in [1.165, 1.54) is 0 Å². The van der Waals surface area contributed by atoms with E-state index in [0.717, 1.165) is 12.1 Å². The number of rotatable bonds is 3. The van der Waals surface area contributed by atoms with E-state index in [-0.39, 0.29) is 16.3 Å². The van der Waals surface area contributed by atoms with Gasteiger partial charge in [0, 0.05) is 0 Å². The molecule has 0 atom stereocenters. The Morgan fingerprint density at radius 1 is 1.14 bits per heavy atom. The SMILES string of the molecule is NS(=O)(=O)c1ccc(NC(=O)Oc2ccccc2)c(F)c1. The van der Waals surface area contributed by atoms with Gasteiger partial charge in [0.2, 0.25) is 10.0 Å². The molecule has 2 aromatic rings. The maximum Gasteiger partial charge on any atom is 0.417 e. The van der Waals surface area contributed by atoms with Crippen LogP contribution in [0, 0.1) is 5.82 Å². The number of sulfonamides is 1. The standard InChI is InChI=1S/C13H11FN2O4S/c14-11-8-10(21(15,18)19)6-7-12(11)16-13(17)20-9-4-2-1-3-5-9/h1-8H,(H,16,17)(H2,15,18,19). The van der Waals surface area contributed by atoms with Crippen molar-refractivity contribution in [3.63, 3.8) is 0 Å². The average molecular weight is 310 g/mol. The van der Waals surface area contributed by atoms with Crippen LogP contribution >= 0.6 is 0 Å². The highest BCUT2D eigenvalue weighted by atomic mass is 32.2. The van der Waals surface area contributed by atoms with Crippen molar-refractivity contribution >= 4 is 21.8 Å². The van der Waals surface area contributed by atoms with E-state index >= 15 is 0 Å². The number of anilines is 1. The van der Waals surface area contributed by atoms with Crippen molar-refractivity contribution in [2.75, 3.05) is 5.32 Å². The zero-order valence-electron chi connectivity index (χ0n) is 10.6. The van der Waals surface area contributed by atoms with Crippen LogP contribution in [-0.4, -0.2) is 14.5 Å². The van der Waals surface area contributed by atoms with E-state index in [2.05, 4.69) is 5.32 Å². The molecule has 21 heavy (non-hydrogen) atoms. The first kappa shape index (κ1) is 14.9. The number of primary sulfonamides is 1. The summed E-state index contributed by atoms with van der Waals surface area (Å²) in [5, 5.41) is 7.04. The zero-order valence-corrected chi connectivity index (χ0v) is 11.4. The summed E-state index contributed by atoms with van der Waals surface area (Å²) in [7, 11) is -4.00. The van der Waals surface area contributed by atoms with E-state index in [0.29, 0.717) is 6.07 Å². The van der Waals surface area contributed by atoms with Gasteiger partial charge in [0.05, 0.1) is 10.6 Å². The minimum Gasteiger partial charge on any atom is -0.410 e. The molecule has 0 saturated carbocycles. The van der Waals surface area contributed by atoms with Crippen molar-refractivity contribution in [1.82, 2.24) is 0 Å². The van der Waals surface area contributed by atoms with Gasteiger partial charge in [-0.25, -0.2) is 22.7 Å². The predicted octanol–water partition coefficient (Wildman–Crippen LogP) is 2.08. The average Bonchev–Trinajstić information content (AvgIpc) is 2.41.